The molecule has 0 bridgehead atoms. The molecule has 0 amide bonds. The Kier molecular flexibility index (Phi) is 10.5. The van der Waals surface area contributed by atoms with E-state index in [1.165, 1.54) is 5.56 Å². The van der Waals surface area contributed by atoms with Gasteiger partial charge in [0.15, 0.2) is 11.5 Å². The minimum absolute atomic E-state index is 0.115. The SMILES string of the molecule is COc1ccc([C@@]23CC=C(OP(OCOC(=O)C(C)(C)C)OCOC(=O)C(C)(C)C)CC2N(C)CC3)cc1OC. The fourth-order valence-electron chi connectivity index (χ4n) is 4.82. The molecule has 1 saturated heterocycles. The van der Waals surface area contributed by atoms with Crippen LogP contribution in [-0.4, -0.2) is 64.3 Å². The summed E-state index contributed by atoms with van der Waals surface area (Å²) in [6, 6.07) is 6.29. The molecule has 1 aromatic rings. The van der Waals surface area contributed by atoms with Crippen LogP contribution in [0, 0.1) is 10.8 Å². The van der Waals surface area contributed by atoms with E-state index in [1.807, 2.05) is 6.07 Å². The lowest BCUT2D eigenvalue weighted by Crippen LogP contribution is -2.43. The van der Waals surface area contributed by atoms with Crippen LogP contribution in [0.4, 0.5) is 0 Å². The second-order valence-corrected chi connectivity index (χ2v) is 13.4. The molecule has 1 aromatic carbocycles. The number of allylic oxidation sites excluding steroid dienone is 1. The number of carbonyl (C=O) groups is 2. The molecule has 0 spiro atoms. The van der Waals surface area contributed by atoms with Crippen molar-refractivity contribution in [1.29, 1.82) is 0 Å². The van der Waals surface area contributed by atoms with Crippen LogP contribution < -0.4 is 9.47 Å². The van der Waals surface area contributed by atoms with Gasteiger partial charge in [-0.2, -0.15) is 0 Å². The molecule has 1 unspecified atom stereocenters. The largest absolute Gasteiger partial charge is 0.493 e. The molecule has 0 radical (unpaired) electrons. The lowest BCUT2D eigenvalue weighted by Gasteiger charge is -2.41. The zero-order chi connectivity index (χ0) is 29.7. The second-order valence-electron chi connectivity index (χ2n) is 12.2. The van der Waals surface area contributed by atoms with Crippen molar-refractivity contribution in [3.05, 3.63) is 35.6 Å². The van der Waals surface area contributed by atoms with Crippen molar-refractivity contribution < 1.29 is 42.1 Å². The first-order valence-corrected chi connectivity index (χ1v) is 14.5. The predicted octanol–water partition coefficient (Wildman–Crippen LogP) is 5.69. The number of ether oxygens (including phenoxy) is 4. The van der Waals surface area contributed by atoms with E-state index in [0.29, 0.717) is 23.7 Å². The van der Waals surface area contributed by atoms with Crippen molar-refractivity contribution in [2.24, 2.45) is 10.8 Å². The molecular formula is C29H44NO9P. The predicted molar refractivity (Wildman–Crippen MR) is 151 cm³/mol. The van der Waals surface area contributed by atoms with Crippen molar-refractivity contribution >= 4 is 20.5 Å². The molecule has 1 heterocycles. The molecule has 1 aliphatic heterocycles. The van der Waals surface area contributed by atoms with Crippen molar-refractivity contribution in [3.63, 3.8) is 0 Å². The van der Waals surface area contributed by atoms with Crippen LogP contribution >= 0.6 is 8.60 Å². The number of methoxy groups -OCH3 is 2. The smallest absolute Gasteiger partial charge is 0.402 e. The molecule has 1 aliphatic carbocycles. The average molecular weight is 582 g/mol. The lowest BCUT2D eigenvalue weighted by atomic mass is 9.68. The third kappa shape index (κ3) is 7.66. The molecule has 224 valence electrons. The number of likely N-dealkylation sites (N-methyl/N-ethyl adjacent to an activating group) is 1. The van der Waals surface area contributed by atoms with E-state index in [2.05, 4.69) is 30.2 Å². The number of benzene rings is 1. The van der Waals surface area contributed by atoms with Gasteiger partial charge in [0.25, 0.3) is 0 Å². The highest BCUT2D eigenvalue weighted by Gasteiger charge is 2.49. The first-order chi connectivity index (χ1) is 18.7. The van der Waals surface area contributed by atoms with Crippen molar-refractivity contribution in [1.82, 2.24) is 4.90 Å². The fraction of sp³-hybridized carbons (Fsp3) is 0.655. The van der Waals surface area contributed by atoms with Gasteiger partial charge in [0.1, 0.15) is 5.76 Å². The molecule has 2 atom stereocenters. The van der Waals surface area contributed by atoms with Crippen LogP contribution in [-0.2, 0) is 38.0 Å². The molecule has 40 heavy (non-hydrogen) atoms. The van der Waals surface area contributed by atoms with Gasteiger partial charge >= 0.3 is 20.5 Å². The van der Waals surface area contributed by atoms with Crippen LogP contribution in [0.1, 0.15) is 66.4 Å². The number of hydrogen-bond acceptors (Lipinski definition) is 10. The summed E-state index contributed by atoms with van der Waals surface area (Å²) >= 11 is 0. The average Bonchev–Trinajstić information content (AvgIpc) is 3.23. The van der Waals surface area contributed by atoms with Gasteiger partial charge in [0.05, 0.1) is 25.0 Å². The van der Waals surface area contributed by atoms with Crippen LogP contribution in [0.3, 0.4) is 0 Å². The highest BCUT2D eigenvalue weighted by atomic mass is 31.2. The summed E-state index contributed by atoms with van der Waals surface area (Å²) in [5.74, 6) is 1.29. The van der Waals surface area contributed by atoms with Gasteiger partial charge < -0.3 is 28.4 Å². The van der Waals surface area contributed by atoms with Gasteiger partial charge in [-0.15, -0.1) is 0 Å². The van der Waals surface area contributed by atoms with E-state index in [0.717, 1.165) is 19.4 Å². The van der Waals surface area contributed by atoms with E-state index in [4.69, 9.17) is 32.5 Å². The Hall–Kier alpha value is -2.39. The van der Waals surface area contributed by atoms with Gasteiger partial charge in [-0.1, -0.05) is 6.07 Å². The molecular weight excluding hydrogens is 537 g/mol. The van der Waals surface area contributed by atoms with Crippen molar-refractivity contribution in [2.75, 3.05) is 41.4 Å². The number of nitrogens with zero attached hydrogens (tertiary/aromatic N) is 1. The number of rotatable bonds is 11. The minimum Gasteiger partial charge on any atom is -0.493 e. The third-order valence-corrected chi connectivity index (χ3v) is 8.26. The molecule has 0 N–H and O–H groups in total. The van der Waals surface area contributed by atoms with E-state index in [1.54, 1.807) is 55.8 Å². The summed E-state index contributed by atoms with van der Waals surface area (Å²) in [4.78, 5) is 26.7. The number of fused-ring (bicyclic) bond motifs is 1. The molecule has 10 nitrogen and oxygen atoms in total. The Morgan fingerprint density at radius 2 is 1.52 bits per heavy atom. The summed E-state index contributed by atoms with van der Waals surface area (Å²) in [5, 5.41) is 0. The topological polar surface area (TPSA) is 102 Å². The zero-order valence-electron chi connectivity index (χ0n) is 25.2. The van der Waals surface area contributed by atoms with Crippen molar-refractivity contribution in [3.8, 4) is 11.5 Å². The Morgan fingerprint density at radius 3 is 2.05 bits per heavy atom. The Balaban J connectivity index is 1.75. The normalized spacial score (nSPS) is 21.4. The van der Waals surface area contributed by atoms with E-state index in [-0.39, 0.29) is 25.0 Å². The Labute approximate surface area is 239 Å². The van der Waals surface area contributed by atoms with Crippen LogP contribution in [0.2, 0.25) is 0 Å². The molecule has 11 heteroatoms. The summed E-state index contributed by atoms with van der Waals surface area (Å²) in [7, 11) is 3.38. The highest BCUT2D eigenvalue weighted by molar-refractivity contribution is 7.41. The summed E-state index contributed by atoms with van der Waals surface area (Å²) < 4.78 is 39.1. The summed E-state index contributed by atoms with van der Waals surface area (Å²) in [6.07, 6.45) is 4.42. The van der Waals surface area contributed by atoms with Crippen LogP contribution in [0.25, 0.3) is 0 Å². The van der Waals surface area contributed by atoms with E-state index in [9.17, 15) is 9.59 Å². The molecule has 2 aliphatic rings. The van der Waals surface area contributed by atoms with Crippen LogP contribution in [0.5, 0.6) is 11.5 Å². The van der Waals surface area contributed by atoms with Gasteiger partial charge in [0.2, 0.25) is 13.6 Å². The van der Waals surface area contributed by atoms with Gasteiger partial charge in [0, 0.05) is 17.9 Å². The zero-order valence-corrected chi connectivity index (χ0v) is 26.1. The first kappa shape index (κ1) is 32.1. The van der Waals surface area contributed by atoms with E-state index < -0.39 is 31.4 Å². The number of carbonyl (C=O) groups excluding carboxylic acids is 2. The van der Waals surface area contributed by atoms with Crippen LogP contribution in [0.15, 0.2) is 30.0 Å². The maximum Gasteiger partial charge on any atom is 0.402 e. The first-order valence-electron chi connectivity index (χ1n) is 13.4. The maximum atomic E-state index is 12.2. The third-order valence-electron chi connectivity index (χ3n) is 7.24. The maximum absolute atomic E-state index is 12.2. The highest BCUT2D eigenvalue weighted by Crippen LogP contribution is 2.52. The standard InChI is InChI=1S/C29H44NO9P/c1-27(2,3)25(31)35-18-37-40(38-19-36-26(32)28(4,5)6)39-21-12-13-29(14-15-30(7)24(29)17-21)20-10-11-22(33-8)23(16-20)34-9/h10-12,16,24H,13-15,17-19H2,1-9H3/t24?,29-/m0/s1. The number of esters is 2. The number of hydrogen-bond donors (Lipinski definition) is 0. The second kappa shape index (κ2) is 13.1. The minimum atomic E-state index is -2.01. The van der Waals surface area contributed by atoms with E-state index >= 15 is 0 Å². The molecule has 1 fully saturated rings. The molecule has 3 rings (SSSR count). The lowest BCUT2D eigenvalue weighted by molar-refractivity contribution is -0.162. The van der Waals surface area contributed by atoms with Gasteiger partial charge in [-0.25, -0.2) is 0 Å². The van der Waals surface area contributed by atoms with Gasteiger partial charge in [-0.05, 0) is 91.7 Å². The summed E-state index contributed by atoms with van der Waals surface area (Å²) in [6.45, 7) is 10.8. The molecule has 0 aromatic heterocycles. The van der Waals surface area contributed by atoms with Gasteiger partial charge in [-0.3, -0.25) is 18.6 Å². The molecule has 0 saturated carbocycles. The monoisotopic (exact) mass is 581 g/mol. The van der Waals surface area contributed by atoms with Crippen molar-refractivity contribution in [2.45, 2.75) is 72.3 Å². The number of likely N-dealkylation sites (tertiary alicyclic amines) is 1. The Morgan fingerprint density at radius 1 is 0.950 bits per heavy atom. The fourth-order valence-corrected chi connectivity index (χ4v) is 5.62. The quantitative estimate of drug-likeness (QED) is 0.184. The summed E-state index contributed by atoms with van der Waals surface area (Å²) in [5.41, 5.74) is -0.283. The Bertz CT molecular complexity index is 1050.